The lowest BCUT2D eigenvalue weighted by molar-refractivity contribution is -0.145. The summed E-state index contributed by atoms with van der Waals surface area (Å²) in [5.74, 6) is -0.194. The molecule has 0 spiro atoms. The van der Waals surface area contributed by atoms with E-state index in [2.05, 4.69) is 13.5 Å². The Morgan fingerprint density at radius 2 is 1.93 bits per heavy atom. The summed E-state index contributed by atoms with van der Waals surface area (Å²) < 4.78 is 0. The van der Waals surface area contributed by atoms with Gasteiger partial charge in [-0.15, -0.1) is 0 Å². The van der Waals surface area contributed by atoms with Crippen LogP contribution in [0.2, 0.25) is 0 Å². The second-order valence-electron chi connectivity index (χ2n) is 4.75. The third-order valence-corrected chi connectivity index (χ3v) is 4.01. The van der Waals surface area contributed by atoms with Crippen LogP contribution in [0, 0.1) is 29.6 Å². The predicted octanol–water partition coefficient (Wildman–Crippen LogP) is 2.05. The highest BCUT2D eigenvalue weighted by atomic mass is 16.4. The molecule has 2 fully saturated rings. The Morgan fingerprint density at radius 1 is 1.29 bits per heavy atom. The van der Waals surface area contributed by atoms with Gasteiger partial charge in [-0.25, -0.2) is 0 Å². The zero-order chi connectivity index (χ0) is 10.5. The third kappa shape index (κ3) is 1.15. The van der Waals surface area contributed by atoms with Crippen molar-refractivity contribution in [2.75, 3.05) is 0 Å². The molecule has 2 rings (SSSR count). The number of fused-ring (bicyclic) bond motifs is 2. The molecule has 2 saturated carbocycles. The van der Waals surface area contributed by atoms with Gasteiger partial charge in [0.1, 0.15) is 0 Å². The normalized spacial score (nSPS) is 45.4. The van der Waals surface area contributed by atoms with Crippen molar-refractivity contribution >= 4 is 5.97 Å². The maximum Gasteiger partial charge on any atom is 0.307 e. The highest BCUT2D eigenvalue weighted by Crippen LogP contribution is 2.56. The first-order chi connectivity index (χ1) is 6.52. The molecule has 0 saturated heterocycles. The zero-order valence-corrected chi connectivity index (χ0v) is 8.31. The van der Waals surface area contributed by atoms with E-state index in [1.54, 1.807) is 0 Å². The fourth-order valence-corrected chi connectivity index (χ4v) is 3.49. The first kappa shape index (κ1) is 9.56. The summed E-state index contributed by atoms with van der Waals surface area (Å²) in [6, 6.07) is 0. The summed E-state index contributed by atoms with van der Waals surface area (Å²) in [5.41, 5.74) is 0. The summed E-state index contributed by atoms with van der Waals surface area (Å²) in [7, 11) is 0. The van der Waals surface area contributed by atoms with Crippen molar-refractivity contribution in [3.8, 4) is 0 Å². The first-order valence-electron chi connectivity index (χ1n) is 5.13. The molecule has 14 heavy (non-hydrogen) atoms. The summed E-state index contributed by atoms with van der Waals surface area (Å²) >= 11 is 0. The van der Waals surface area contributed by atoms with Gasteiger partial charge in [0.05, 0.1) is 11.7 Å². The highest BCUT2D eigenvalue weighted by molar-refractivity contribution is 5.72. The maximum atomic E-state index is 11.1. The van der Waals surface area contributed by atoms with Gasteiger partial charge < -0.3 is 10.2 Å². The minimum absolute atomic E-state index is 0.0662. The van der Waals surface area contributed by atoms with Crippen molar-refractivity contribution in [1.29, 1.82) is 0 Å². The molecule has 0 aliphatic heterocycles. The SMILES string of the molecule is C=C(O)C1C2CC(CC2C)C1C(=O)O. The summed E-state index contributed by atoms with van der Waals surface area (Å²) in [4.78, 5) is 11.1. The van der Waals surface area contributed by atoms with E-state index in [-0.39, 0.29) is 17.6 Å². The molecule has 5 atom stereocenters. The van der Waals surface area contributed by atoms with Crippen LogP contribution in [0.3, 0.4) is 0 Å². The van der Waals surface area contributed by atoms with Crippen LogP contribution >= 0.6 is 0 Å². The van der Waals surface area contributed by atoms with Gasteiger partial charge in [-0.05, 0) is 30.6 Å². The molecule has 2 aliphatic carbocycles. The number of rotatable bonds is 2. The Bertz CT molecular complexity index is 284. The van der Waals surface area contributed by atoms with Crippen molar-refractivity contribution < 1.29 is 15.0 Å². The van der Waals surface area contributed by atoms with Crippen molar-refractivity contribution in [1.82, 2.24) is 0 Å². The quantitative estimate of drug-likeness (QED) is 0.664. The number of hydrogen-bond acceptors (Lipinski definition) is 2. The first-order valence-corrected chi connectivity index (χ1v) is 5.13. The van der Waals surface area contributed by atoms with Crippen LogP contribution in [0.4, 0.5) is 0 Å². The number of aliphatic carboxylic acids is 1. The van der Waals surface area contributed by atoms with Crippen molar-refractivity contribution in [3.63, 3.8) is 0 Å². The third-order valence-electron chi connectivity index (χ3n) is 4.01. The van der Waals surface area contributed by atoms with Gasteiger partial charge in [0.25, 0.3) is 0 Å². The van der Waals surface area contributed by atoms with Gasteiger partial charge >= 0.3 is 5.97 Å². The zero-order valence-electron chi connectivity index (χ0n) is 8.31. The maximum absolute atomic E-state index is 11.1. The second kappa shape index (κ2) is 3.01. The number of aliphatic hydroxyl groups is 1. The molecule has 0 heterocycles. The lowest BCUT2D eigenvalue weighted by Crippen LogP contribution is -2.33. The number of carboxylic acid groups (broad SMARTS) is 1. The average molecular weight is 196 g/mol. The molecule has 3 heteroatoms. The summed E-state index contributed by atoms with van der Waals surface area (Å²) in [6.45, 7) is 5.65. The van der Waals surface area contributed by atoms with Crippen LogP contribution in [0.15, 0.2) is 12.3 Å². The number of aliphatic hydroxyl groups excluding tert-OH is 1. The van der Waals surface area contributed by atoms with E-state index in [0.717, 1.165) is 12.8 Å². The molecular weight excluding hydrogens is 180 g/mol. The minimum atomic E-state index is -0.774. The second-order valence-corrected chi connectivity index (χ2v) is 4.75. The van der Waals surface area contributed by atoms with Gasteiger partial charge in [-0.1, -0.05) is 13.5 Å². The molecule has 78 valence electrons. The smallest absolute Gasteiger partial charge is 0.307 e. The molecule has 0 radical (unpaired) electrons. The van der Waals surface area contributed by atoms with Crippen molar-refractivity contribution in [2.24, 2.45) is 29.6 Å². The van der Waals surface area contributed by atoms with E-state index in [1.807, 2.05) is 0 Å². The Labute approximate surface area is 83.4 Å². The average Bonchev–Trinajstić information content (AvgIpc) is 2.58. The molecular formula is C11H16O3. The van der Waals surface area contributed by atoms with Crippen LogP contribution < -0.4 is 0 Å². The molecule has 2 N–H and O–H groups in total. The Morgan fingerprint density at radius 3 is 2.43 bits per heavy atom. The molecule has 0 aromatic heterocycles. The van der Waals surface area contributed by atoms with Gasteiger partial charge in [0, 0.05) is 5.92 Å². The number of hydrogen-bond donors (Lipinski definition) is 2. The molecule has 3 nitrogen and oxygen atoms in total. The van der Waals surface area contributed by atoms with Gasteiger partial charge in [-0.2, -0.15) is 0 Å². The van der Waals surface area contributed by atoms with Crippen molar-refractivity contribution in [2.45, 2.75) is 19.8 Å². The Hall–Kier alpha value is -0.990. The van der Waals surface area contributed by atoms with E-state index in [4.69, 9.17) is 5.11 Å². The molecule has 2 aliphatic rings. The fraction of sp³-hybridized carbons (Fsp3) is 0.727. The molecule has 5 unspecified atom stereocenters. The standard InChI is InChI=1S/C11H16O3/c1-5-3-7-4-8(5)9(6(2)12)10(7)11(13)14/h5,7-10,12H,2-4H2,1H3,(H,13,14). The topological polar surface area (TPSA) is 57.5 Å². The highest BCUT2D eigenvalue weighted by Gasteiger charge is 2.55. The van der Waals surface area contributed by atoms with E-state index >= 15 is 0 Å². The minimum Gasteiger partial charge on any atom is -0.513 e. The van der Waals surface area contributed by atoms with Crippen LogP contribution in [0.5, 0.6) is 0 Å². The number of allylic oxidation sites excluding steroid dienone is 1. The van der Waals surface area contributed by atoms with E-state index in [0.29, 0.717) is 11.8 Å². The van der Waals surface area contributed by atoms with Crippen LogP contribution in [0.25, 0.3) is 0 Å². The van der Waals surface area contributed by atoms with Gasteiger partial charge in [-0.3, -0.25) is 4.79 Å². The Balaban J connectivity index is 2.27. The molecule has 0 amide bonds. The lowest BCUT2D eigenvalue weighted by Gasteiger charge is -2.31. The van der Waals surface area contributed by atoms with Crippen LogP contribution in [-0.4, -0.2) is 16.2 Å². The number of carbonyl (C=O) groups is 1. The van der Waals surface area contributed by atoms with E-state index < -0.39 is 11.9 Å². The lowest BCUT2D eigenvalue weighted by atomic mass is 9.74. The number of carboxylic acids is 1. The predicted molar refractivity (Wildman–Crippen MR) is 51.8 cm³/mol. The largest absolute Gasteiger partial charge is 0.513 e. The van der Waals surface area contributed by atoms with Crippen LogP contribution in [-0.2, 0) is 4.79 Å². The summed E-state index contributed by atoms with van der Waals surface area (Å²) in [5, 5.41) is 18.5. The van der Waals surface area contributed by atoms with E-state index in [9.17, 15) is 9.90 Å². The van der Waals surface area contributed by atoms with Gasteiger partial charge in [0.15, 0.2) is 0 Å². The monoisotopic (exact) mass is 196 g/mol. The fourth-order valence-electron chi connectivity index (χ4n) is 3.49. The van der Waals surface area contributed by atoms with Crippen molar-refractivity contribution in [3.05, 3.63) is 12.3 Å². The summed E-state index contributed by atoms with van der Waals surface area (Å²) in [6.07, 6.45) is 1.94. The van der Waals surface area contributed by atoms with E-state index in [1.165, 1.54) is 0 Å². The van der Waals surface area contributed by atoms with Crippen LogP contribution in [0.1, 0.15) is 19.8 Å². The van der Waals surface area contributed by atoms with Gasteiger partial charge in [0.2, 0.25) is 0 Å². The molecule has 2 bridgehead atoms. The molecule has 0 aromatic rings. The Kier molecular flexibility index (Phi) is 2.05. The molecule has 0 aromatic carbocycles.